The first kappa shape index (κ1) is 15.0. The molecule has 0 aliphatic heterocycles. The van der Waals surface area contributed by atoms with Crippen LogP contribution in [0.1, 0.15) is 18.0 Å². The number of rotatable bonds is 5. The Bertz CT molecular complexity index is 882. The molecule has 0 saturated carbocycles. The van der Waals surface area contributed by atoms with Crippen LogP contribution in [0.3, 0.4) is 0 Å². The lowest BCUT2D eigenvalue weighted by molar-refractivity contribution is -0.121. The average Bonchev–Trinajstić information content (AvgIpc) is 3.06. The minimum absolute atomic E-state index is 0.119. The monoisotopic (exact) mass is 311 g/mol. The molecule has 6 heteroatoms. The number of nitrogens with one attached hydrogen (secondary N) is 1. The van der Waals surface area contributed by atoms with Crippen LogP contribution in [-0.2, 0) is 17.9 Å². The third-order valence-corrected chi connectivity index (χ3v) is 3.65. The third-order valence-electron chi connectivity index (χ3n) is 3.65. The number of carbonyl (C=O) groups is 1. The van der Waals surface area contributed by atoms with E-state index < -0.39 is 0 Å². The van der Waals surface area contributed by atoms with Crippen molar-refractivity contribution in [1.29, 1.82) is 0 Å². The molecule has 1 amide bonds. The molecule has 6 nitrogen and oxygen atoms in total. The first-order chi connectivity index (χ1) is 11.1. The fourth-order valence-corrected chi connectivity index (χ4v) is 2.44. The van der Waals surface area contributed by atoms with Gasteiger partial charge in [-0.05, 0) is 31.2 Å². The van der Waals surface area contributed by atoms with E-state index >= 15 is 0 Å². The van der Waals surface area contributed by atoms with Crippen molar-refractivity contribution in [2.75, 3.05) is 0 Å². The van der Waals surface area contributed by atoms with Crippen molar-refractivity contribution < 1.29 is 9.21 Å². The number of carbonyl (C=O) groups excluding carboxylic acids is 1. The van der Waals surface area contributed by atoms with E-state index in [4.69, 9.17) is 4.42 Å². The number of hydrogen-bond acceptors (Lipinski definition) is 4. The zero-order valence-corrected chi connectivity index (χ0v) is 12.8. The summed E-state index contributed by atoms with van der Waals surface area (Å²) in [7, 11) is 0. The Labute approximate surface area is 132 Å². The minimum Gasteiger partial charge on any atom is -0.467 e. The zero-order valence-electron chi connectivity index (χ0n) is 12.8. The average molecular weight is 311 g/mol. The number of aryl methyl sites for hydroxylation is 1. The van der Waals surface area contributed by atoms with Crippen LogP contribution in [0.5, 0.6) is 0 Å². The van der Waals surface area contributed by atoms with Crippen LogP contribution in [0.25, 0.3) is 10.9 Å². The second-order valence-corrected chi connectivity index (χ2v) is 5.24. The van der Waals surface area contributed by atoms with Crippen LogP contribution in [0.15, 0.2) is 51.9 Å². The van der Waals surface area contributed by atoms with E-state index in [0.29, 0.717) is 35.6 Å². The summed E-state index contributed by atoms with van der Waals surface area (Å²) in [5.41, 5.74) is 0.556. The summed E-state index contributed by atoms with van der Waals surface area (Å²) in [6.07, 6.45) is 1.77. The number of fused-ring (bicyclic) bond motifs is 1. The SMILES string of the molecule is Cc1nc2ccccc2c(=O)n1CCC(=O)NCc1ccco1. The van der Waals surface area contributed by atoms with Crippen molar-refractivity contribution in [2.45, 2.75) is 26.4 Å². The van der Waals surface area contributed by atoms with Gasteiger partial charge in [-0.25, -0.2) is 4.98 Å². The first-order valence-electron chi connectivity index (χ1n) is 7.40. The summed E-state index contributed by atoms with van der Waals surface area (Å²) in [6, 6.07) is 10.8. The van der Waals surface area contributed by atoms with E-state index in [1.807, 2.05) is 12.1 Å². The van der Waals surface area contributed by atoms with Crippen LogP contribution in [0, 0.1) is 6.92 Å². The summed E-state index contributed by atoms with van der Waals surface area (Å²) >= 11 is 0. The molecule has 1 aromatic carbocycles. The minimum atomic E-state index is -0.138. The lowest BCUT2D eigenvalue weighted by atomic mass is 10.2. The highest BCUT2D eigenvalue weighted by molar-refractivity contribution is 5.77. The molecule has 118 valence electrons. The van der Waals surface area contributed by atoms with Crippen molar-refractivity contribution in [3.8, 4) is 0 Å². The number of hydrogen-bond donors (Lipinski definition) is 1. The van der Waals surface area contributed by atoms with Gasteiger partial charge in [0.25, 0.3) is 5.56 Å². The van der Waals surface area contributed by atoms with E-state index in [1.165, 1.54) is 4.57 Å². The van der Waals surface area contributed by atoms with E-state index in [9.17, 15) is 9.59 Å². The number of aromatic nitrogens is 2. The Kier molecular flexibility index (Phi) is 4.23. The van der Waals surface area contributed by atoms with E-state index in [-0.39, 0.29) is 17.9 Å². The van der Waals surface area contributed by atoms with Crippen LogP contribution in [0.2, 0.25) is 0 Å². The Morgan fingerprint density at radius 2 is 2.09 bits per heavy atom. The molecule has 0 bridgehead atoms. The van der Waals surface area contributed by atoms with Gasteiger partial charge in [-0.15, -0.1) is 0 Å². The molecule has 0 unspecified atom stereocenters. The molecule has 2 aromatic heterocycles. The van der Waals surface area contributed by atoms with Gasteiger partial charge in [0.2, 0.25) is 5.91 Å². The third kappa shape index (κ3) is 3.31. The number of nitrogens with zero attached hydrogens (tertiary/aromatic N) is 2. The molecule has 0 aliphatic carbocycles. The molecule has 0 radical (unpaired) electrons. The molecule has 0 atom stereocenters. The van der Waals surface area contributed by atoms with E-state index in [2.05, 4.69) is 10.3 Å². The van der Waals surface area contributed by atoms with Gasteiger partial charge >= 0.3 is 0 Å². The fraction of sp³-hybridized carbons (Fsp3) is 0.235. The van der Waals surface area contributed by atoms with Gasteiger partial charge in [-0.2, -0.15) is 0 Å². The Morgan fingerprint density at radius 3 is 2.87 bits per heavy atom. The highest BCUT2D eigenvalue weighted by Gasteiger charge is 2.09. The topological polar surface area (TPSA) is 77.1 Å². The van der Waals surface area contributed by atoms with E-state index in [0.717, 1.165) is 0 Å². The summed E-state index contributed by atoms with van der Waals surface area (Å²) in [5.74, 6) is 1.16. The molecule has 23 heavy (non-hydrogen) atoms. The van der Waals surface area contributed by atoms with Crippen molar-refractivity contribution in [3.63, 3.8) is 0 Å². The normalized spacial score (nSPS) is 10.8. The standard InChI is InChI=1S/C17H17N3O3/c1-12-19-15-7-3-2-6-14(15)17(22)20(12)9-8-16(21)18-11-13-5-4-10-23-13/h2-7,10H,8-9,11H2,1H3,(H,18,21). The lowest BCUT2D eigenvalue weighted by Crippen LogP contribution is -2.28. The zero-order chi connectivity index (χ0) is 16.2. The Balaban J connectivity index is 1.69. The molecule has 0 saturated heterocycles. The molecule has 0 aliphatic rings. The molecular formula is C17H17N3O3. The summed E-state index contributed by atoms with van der Waals surface area (Å²) < 4.78 is 6.69. The van der Waals surface area contributed by atoms with Gasteiger partial charge in [0, 0.05) is 13.0 Å². The van der Waals surface area contributed by atoms with Crippen molar-refractivity contribution >= 4 is 16.8 Å². The fourth-order valence-electron chi connectivity index (χ4n) is 2.44. The molecule has 3 rings (SSSR count). The van der Waals surface area contributed by atoms with E-state index in [1.54, 1.807) is 37.5 Å². The smallest absolute Gasteiger partial charge is 0.261 e. The highest BCUT2D eigenvalue weighted by Crippen LogP contribution is 2.07. The number of para-hydroxylation sites is 1. The number of benzene rings is 1. The molecule has 1 N–H and O–H groups in total. The quantitative estimate of drug-likeness (QED) is 0.782. The molecule has 3 aromatic rings. The predicted molar refractivity (Wildman–Crippen MR) is 85.9 cm³/mol. The Hall–Kier alpha value is -2.89. The van der Waals surface area contributed by atoms with Crippen LogP contribution in [-0.4, -0.2) is 15.5 Å². The van der Waals surface area contributed by atoms with Crippen LogP contribution >= 0.6 is 0 Å². The van der Waals surface area contributed by atoms with Gasteiger partial charge in [0.1, 0.15) is 11.6 Å². The maximum absolute atomic E-state index is 12.5. The summed E-state index contributed by atoms with van der Waals surface area (Å²) in [4.78, 5) is 28.8. The predicted octanol–water partition coefficient (Wildman–Crippen LogP) is 2.00. The number of furan rings is 1. The van der Waals surface area contributed by atoms with Crippen molar-refractivity contribution in [2.24, 2.45) is 0 Å². The van der Waals surface area contributed by atoms with Gasteiger partial charge in [-0.3, -0.25) is 14.2 Å². The van der Waals surface area contributed by atoms with Crippen LogP contribution in [0.4, 0.5) is 0 Å². The summed E-state index contributed by atoms with van der Waals surface area (Å²) in [6.45, 7) is 2.41. The van der Waals surface area contributed by atoms with Crippen molar-refractivity contribution in [1.82, 2.24) is 14.9 Å². The Morgan fingerprint density at radius 1 is 1.26 bits per heavy atom. The van der Waals surface area contributed by atoms with Gasteiger partial charge in [0.15, 0.2) is 0 Å². The van der Waals surface area contributed by atoms with Gasteiger partial charge in [0.05, 0.1) is 23.7 Å². The molecular weight excluding hydrogens is 294 g/mol. The highest BCUT2D eigenvalue weighted by atomic mass is 16.3. The maximum Gasteiger partial charge on any atom is 0.261 e. The summed E-state index contributed by atoms with van der Waals surface area (Å²) in [5, 5.41) is 3.33. The molecule has 2 heterocycles. The van der Waals surface area contributed by atoms with Crippen molar-refractivity contribution in [3.05, 3.63) is 64.6 Å². The maximum atomic E-state index is 12.5. The van der Waals surface area contributed by atoms with Gasteiger partial charge in [-0.1, -0.05) is 12.1 Å². The number of amides is 1. The van der Waals surface area contributed by atoms with Gasteiger partial charge < -0.3 is 9.73 Å². The molecule has 0 fully saturated rings. The van der Waals surface area contributed by atoms with Crippen LogP contribution < -0.4 is 10.9 Å². The molecule has 0 spiro atoms. The lowest BCUT2D eigenvalue weighted by Gasteiger charge is -2.10. The largest absolute Gasteiger partial charge is 0.467 e. The second-order valence-electron chi connectivity index (χ2n) is 5.24. The first-order valence-corrected chi connectivity index (χ1v) is 7.40. The second kappa shape index (κ2) is 6.48.